The summed E-state index contributed by atoms with van der Waals surface area (Å²) in [4.78, 5) is 0. The summed E-state index contributed by atoms with van der Waals surface area (Å²) >= 11 is 0. The second-order valence-corrected chi connectivity index (χ2v) is 5.10. The van der Waals surface area contributed by atoms with Crippen LogP contribution in [0.25, 0.3) is 0 Å². The smallest absolute Gasteiger partial charge is 0.000812 e. The molecule has 0 saturated heterocycles. The Morgan fingerprint density at radius 2 is 1.11 bits per heavy atom. The third-order valence-corrected chi connectivity index (χ3v) is 3.66. The monoisotopic (exact) mass is 253 g/mol. The fourth-order valence-corrected chi connectivity index (χ4v) is 2.35. The van der Waals surface area contributed by atoms with E-state index in [0.717, 1.165) is 25.9 Å². The topological polar surface area (TPSA) is 12.0 Å². The van der Waals surface area contributed by atoms with E-state index in [0.29, 0.717) is 0 Å². The maximum atomic E-state index is 3.54. The molecule has 0 aliphatic rings. The first-order chi connectivity index (χ1) is 9.27. The number of aryl methyl sites for hydroxylation is 2. The van der Waals surface area contributed by atoms with Crippen molar-refractivity contribution >= 4 is 0 Å². The van der Waals surface area contributed by atoms with Crippen LogP contribution in [0.5, 0.6) is 0 Å². The van der Waals surface area contributed by atoms with Crippen molar-refractivity contribution < 1.29 is 0 Å². The van der Waals surface area contributed by atoms with Crippen LogP contribution in [0.4, 0.5) is 0 Å². The highest BCUT2D eigenvalue weighted by Crippen LogP contribution is 2.08. The summed E-state index contributed by atoms with van der Waals surface area (Å²) in [5, 5.41) is 3.54. The molecule has 0 saturated carbocycles. The summed E-state index contributed by atoms with van der Waals surface area (Å²) in [6.45, 7) is 6.47. The molecule has 1 heteroatoms. The van der Waals surface area contributed by atoms with Crippen LogP contribution in [-0.4, -0.2) is 13.1 Å². The van der Waals surface area contributed by atoms with E-state index in [1.54, 1.807) is 0 Å². The Kier molecular flexibility index (Phi) is 5.17. The summed E-state index contributed by atoms with van der Waals surface area (Å²) in [5.74, 6) is 0. The second-order valence-electron chi connectivity index (χ2n) is 5.10. The molecule has 0 heterocycles. The molecular formula is C18H23N. The van der Waals surface area contributed by atoms with Crippen molar-refractivity contribution in [3.05, 3.63) is 70.8 Å². The molecule has 2 rings (SSSR count). The minimum absolute atomic E-state index is 1.05. The van der Waals surface area contributed by atoms with E-state index >= 15 is 0 Å². The minimum atomic E-state index is 1.05. The fourth-order valence-electron chi connectivity index (χ4n) is 2.35. The van der Waals surface area contributed by atoms with Crippen molar-refractivity contribution in [1.82, 2.24) is 5.32 Å². The van der Waals surface area contributed by atoms with Gasteiger partial charge in [0, 0.05) is 0 Å². The van der Waals surface area contributed by atoms with Gasteiger partial charge in [-0.25, -0.2) is 0 Å². The van der Waals surface area contributed by atoms with Crippen LogP contribution in [0.1, 0.15) is 22.3 Å². The molecule has 0 aromatic heterocycles. The molecule has 100 valence electrons. The highest BCUT2D eigenvalue weighted by molar-refractivity contribution is 5.26. The largest absolute Gasteiger partial charge is 0.316 e. The van der Waals surface area contributed by atoms with Gasteiger partial charge in [0.2, 0.25) is 0 Å². The Bertz CT molecular complexity index is 469. The van der Waals surface area contributed by atoms with Gasteiger partial charge in [-0.05, 0) is 62.0 Å². The first-order valence-corrected chi connectivity index (χ1v) is 7.07. The van der Waals surface area contributed by atoms with Crippen LogP contribution in [0, 0.1) is 13.8 Å². The lowest BCUT2D eigenvalue weighted by Crippen LogP contribution is -2.20. The fraction of sp³-hybridized carbons (Fsp3) is 0.333. The van der Waals surface area contributed by atoms with E-state index in [9.17, 15) is 0 Å². The lowest BCUT2D eigenvalue weighted by molar-refractivity contribution is 0.679. The Labute approximate surface area is 116 Å². The molecule has 2 aromatic rings. The number of hydrogen-bond acceptors (Lipinski definition) is 1. The highest BCUT2D eigenvalue weighted by Gasteiger charge is 1.98. The molecule has 0 atom stereocenters. The van der Waals surface area contributed by atoms with Crippen molar-refractivity contribution in [1.29, 1.82) is 0 Å². The van der Waals surface area contributed by atoms with Crippen LogP contribution in [0.15, 0.2) is 48.5 Å². The Morgan fingerprint density at radius 1 is 0.684 bits per heavy atom. The number of nitrogens with one attached hydrogen (secondary N) is 1. The molecule has 0 fully saturated rings. The van der Waals surface area contributed by atoms with Gasteiger partial charge in [0.15, 0.2) is 0 Å². The molecule has 19 heavy (non-hydrogen) atoms. The van der Waals surface area contributed by atoms with Gasteiger partial charge in [0.25, 0.3) is 0 Å². The zero-order chi connectivity index (χ0) is 13.5. The van der Waals surface area contributed by atoms with Crippen molar-refractivity contribution in [2.45, 2.75) is 26.7 Å². The molecular weight excluding hydrogens is 230 g/mol. The van der Waals surface area contributed by atoms with Gasteiger partial charge in [-0.2, -0.15) is 0 Å². The summed E-state index contributed by atoms with van der Waals surface area (Å²) in [6, 6.07) is 17.3. The van der Waals surface area contributed by atoms with E-state index in [4.69, 9.17) is 0 Å². The van der Waals surface area contributed by atoms with Crippen molar-refractivity contribution in [2.75, 3.05) is 13.1 Å². The van der Waals surface area contributed by atoms with Crippen molar-refractivity contribution in [2.24, 2.45) is 0 Å². The van der Waals surface area contributed by atoms with Crippen molar-refractivity contribution in [3.8, 4) is 0 Å². The van der Waals surface area contributed by atoms with Crippen LogP contribution in [0.2, 0.25) is 0 Å². The normalized spacial score (nSPS) is 10.6. The van der Waals surface area contributed by atoms with Crippen LogP contribution in [0.3, 0.4) is 0 Å². The molecule has 0 aliphatic heterocycles. The van der Waals surface area contributed by atoms with E-state index in [1.165, 1.54) is 22.3 Å². The molecule has 1 nitrogen and oxygen atoms in total. The van der Waals surface area contributed by atoms with Crippen LogP contribution < -0.4 is 5.32 Å². The number of rotatable bonds is 6. The minimum Gasteiger partial charge on any atom is -0.316 e. The van der Waals surface area contributed by atoms with Gasteiger partial charge in [-0.1, -0.05) is 48.5 Å². The predicted molar refractivity (Wildman–Crippen MR) is 82.6 cm³/mol. The maximum Gasteiger partial charge on any atom is -0.000812 e. The van der Waals surface area contributed by atoms with Gasteiger partial charge >= 0.3 is 0 Å². The average molecular weight is 253 g/mol. The zero-order valence-electron chi connectivity index (χ0n) is 11.9. The summed E-state index contributed by atoms with van der Waals surface area (Å²) < 4.78 is 0. The third kappa shape index (κ3) is 4.22. The molecule has 0 bridgehead atoms. The maximum absolute atomic E-state index is 3.54. The van der Waals surface area contributed by atoms with E-state index < -0.39 is 0 Å². The van der Waals surface area contributed by atoms with E-state index in [1.807, 2.05) is 0 Å². The highest BCUT2D eigenvalue weighted by atomic mass is 14.8. The molecule has 0 unspecified atom stereocenters. The first-order valence-electron chi connectivity index (χ1n) is 7.07. The van der Waals surface area contributed by atoms with Crippen molar-refractivity contribution in [3.63, 3.8) is 0 Å². The standard InChI is InChI=1S/C18H23N/c1-15-7-3-5-9-17(15)11-13-19-14-12-18-10-6-4-8-16(18)2/h3-10,19H,11-14H2,1-2H3. The van der Waals surface area contributed by atoms with Gasteiger partial charge in [0.05, 0.1) is 0 Å². The van der Waals surface area contributed by atoms with Gasteiger partial charge in [0.1, 0.15) is 0 Å². The second kappa shape index (κ2) is 7.10. The molecule has 2 aromatic carbocycles. The van der Waals surface area contributed by atoms with E-state index in [2.05, 4.69) is 67.7 Å². The Morgan fingerprint density at radius 3 is 1.53 bits per heavy atom. The van der Waals surface area contributed by atoms with Gasteiger partial charge < -0.3 is 5.32 Å². The quantitative estimate of drug-likeness (QED) is 0.774. The molecule has 0 spiro atoms. The predicted octanol–water partition coefficient (Wildman–Crippen LogP) is 3.68. The van der Waals surface area contributed by atoms with Crippen LogP contribution in [-0.2, 0) is 12.8 Å². The zero-order valence-corrected chi connectivity index (χ0v) is 11.9. The lowest BCUT2D eigenvalue weighted by Gasteiger charge is -2.08. The summed E-state index contributed by atoms with van der Waals surface area (Å²) in [7, 11) is 0. The molecule has 0 aliphatic carbocycles. The number of hydrogen-bond donors (Lipinski definition) is 1. The van der Waals surface area contributed by atoms with Crippen LogP contribution >= 0.6 is 0 Å². The van der Waals surface area contributed by atoms with Gasteiger partial charge in [-0.3, -0.25) is 0 Å². The Balaban J connectivity index is 1.71. The lowest BCUT2D eigenvalue weighted by atomic mass is 10.1. The van der Waals surface area contributed by atoms with Gasteiger partial charge in [-0.15, -0.1) is 0 Å². The Hall–Kier alpha value is -1.60. The third-order valence-electron chi connectivity index (χ3n) is 3.66. The average Bonchev–Trinajstić information content (AvgIpc) is 2.42. The summed E-state index contributed by atoms with van der Waals surface area (Å²) in [6.07, 6.45) is 2.22. The first kappa shape index (κ1) is 13.8. The molecule has 1 N–H and O–H groups in total. The molecule has 0 radical (unpaired) electrons. The summed E-state index contributed by atoms with van der Waals surface area (Å²) in [5.41, 5.74) is 5.68. The number of benzene rings is 2. The van der Waals surface area contributed by atoms with E-state index in [-0.39, 0.29) is 0 Å². The SMILES string of the molecule is Cc1ccccc1CCNCCc1ccccc1C. The molecule has 0 amide bonds.